The van der Waals surface area contributed by atoms with E-state index in [0.29, 0.717) is 29.8 Å². The SMILES string of the molecule is O=C(O)c1cccc2nc(C=Cc3nc4c(N5CCOCC5)ccnn4c3-c3ccccc3)ccc12. The summed E-state index contributed by atoms with van der Waals surface area (Å²) in [5.41, 5.74) is 6.07. The Morgan fingerprint density at radius 2 is 1.75 bits per heavy atom. The van der Waals surface area contributed by atoms with Gasteiger partial charge in [0, 0.05) is 24.0 Å². The van der Waals surface area contributed by atoms with Crippen molar-refractivity contribution in [2.45, 2.75) is 0 Å². The number of morpholine rings is 1. The summed E-state index contributed by atoms with van der Waals surface area (Å²) in [6.45, 7) is 2.98. The van der Waals surface area contributed by atoms with Gasteiger partial charge in [0.15, 0.2) is 5.65 Å². The Kier molecular flexibility index (Phi) is 5.63. The van der Waals surface area contributed by atoms with Crippen molar-refractivity contribution in [3.8, 4) is 11.3 Å². The van der Waals surface area contributed by atoms with Gasteiger partial charge in [-0.05, 0) is 42.5 Å². The van der Waals surface area contributed by atoms with E-state index in [-0.39, 0.29) is 5.56 Å². The van der Waals surface area contributed by atoms with E-state index in [1.54, 1.807) is 18.2 Å². The third kappa shape index (κ3) is 3.97. The molecule has 1 aliphatic rings. The van der Waals surface area contributed by atoms with Crippen molar-refractivity contribution in [3.05, 3.63) is 89.9 Å². The minimum absolute atomic E-state index is 0.240. The number of imidazole rings is 1. The maximum Gasteiger partial charge on any atom is 0.336 e. The molecule has 2 aromatic carbocycles. The Bertz CT molecular complexity index is 1600. The number of fused-ring (bicyclic) bond motifs is 2. The number of carboxylic acid groups (broad SMARTS) is 1. The third-order valence-electron chi connectivity index (χ3n) is 6.32. The molecule has 5 aromatic rings. The lowest BCUT2D eigenvalue weighted by atomic mass is 10.1. The molecule has 0 atom stereocenters. The molecule has 1 N–H and O–H groups in total. The number of ether oxygens (including phenoxy) is 1. The van der Waals surface area contributed by atoms with Gasteiger partial charge in [0.1, 0.15) is 5.69 Å². The van der Waals surface area contributed by atoms with Gasteiger partial charge < -0.3 is 14.7 Å². The molecular formula is C28H23N5O3. The number of carboxylic acids is 1. The zero-order valence-electron chi connectivity index (χ0n) is 19.4. The first-order chi connectivity index (χ1) is 17.7. The zero-order chi connectivity index (χ0) is 24.5. The molecule has 1 saturated heterocycles. The monoisotopic (exact) mass is 477 g/mol. The summed E-state index contributed by atoms with van der Waals surface area (Å²) in [4.78, 5) is 23.5. The molecule has 0 aliphatic carbocycles. The van der Waals surface area contributed by atoms with Crippen LogP contribution in [0.25, 0.3) is 40.0 Å². The van der Waals surface area contributed by atoms with Gasteiger partial charge >= 0.3 is 5.97 Å². The number of benzene rings is 2. The second-order valence-electron chi connectivity index (χ2n) is 8.51. The molecule has 8 nitrogen and oxygen atoms in total. The van der Waals surface area contributed by atoms with E-state index in [4.69, 9.17) is 9.72 Å². The number of aromatic carboxylic acids is 1. The molecule has 36 heavy (non-hydrogen) atoms. The predicted molar refractivity (Wildman–Crippen MR) is 139 cm³/mol. The van der Waals surface area contributed by atoms with Crippen LogP contribution in [0.5, 0.6) is 0 Å². The molecule has 178 valence electrons. The highest BCUT2D eigenvalue weighted by atomic mass is 16.5. The van der Waals surface area contributed by atoms with E-state index < -0.39 is 5.97 Å². The number of rotatable bonds is 5. The highest BCUT2D eigenvalue weighted by Gasteiger charge is 2.20. The van der Waals surface area contributed by atoms with Crippen LogP contribution in [0.4, 0.5) is 5.69 Å². The summed E-state index contributed by atoms with van der Waals surface area (Å²) in [7, 11) is 0. The maximum atomic E-state index is 11.5. The first-order valence-electron chi connectivity index (χ1n) is 11.8. The van der Waals surface area contributed by atoms with E-state index in [1.165, 1.54) is 0 Å². The van der Waals surface area contributed by atoms with Gasteiger partial charge in [0.2, 0.25) is 0 Å². The van der Waals surface area contributed by atoms with E-state index in [2.05, 4.69) is 15.0 Å². The third-order valence-corrected chi connectivity index (χ3v) is 6.32. The first kappa shape index (κ1) is 21.9. The minimum atomic E-state index is -0.966. The number of hydrogen-bond acceptors (Lipinski definition) is 6. The minimum Gasteiger partial charge on any atom is -0.478 e. The Labute approximate surface area is 207 Å². The molecule has 4 heterocycles. The van der Waals surface area contributed by atoms with Crippen molar-refractivity contribution in [1.29, 1.82) is 0 Å². The Hall–Kier alpha value is -4.56. The average Bonchev–Trinajstić information content (AvgIpc) is 3.31. The second kappa shape index (κ2) is 9.24. The standard InChI is InChI=1S/C28H23N5O3/c34-28(35)22-7-4-8-23-21(22)11-9-20(30-23)10-12-24-26(19-5-2-1-3-6-19)33-27(31-24)25(13-14-29-33)32-15-17-36-18-16-32/h1-14H,15-18H2,(H,34,35). The van der Waals surface area contributed by atoms with Gasteiger partial charge in [0.25, 0.3) is 0 Å². The van der Waals surface area contributed by atoms with Gasteiger partial charge in [-0.2, -0.15) is 5.10 Å². The van der Waals surface area contributed by atoms with Gasteiger partial charge in [-0.15, -0.1) is 0 Å². The van der Waals surface area contributed by atoms with Crippen molar-refractivity contribution in [1.82, 2.24) is 19.6 Å². The number of nitrogens with zero attached hydrogens (tertiary/aromatic N) is 5. The Morgan fingerprint density at radius 3 is 2.56 bits per heavy atom. The van der Waals surface area contributed by atoms with Crippen molar-refractivity contribution < 1.29 is 14.6 Å². The average molecular weight is 478 g/mol. The number of carbonyl (C=O) groups is 1. The molecule has 6 rings (SSSR count). The molecule has 1 aliphatic heterocycles. The molecule has 0 unspecified atom stereocenters. The molecule has 0 spiro atoms. The van der Waals surface area contributed by atoms with Crippen molar-refractivity contribution in [2.75, 3.05) is 31.2 Å². The highest BCUT2D eigenvalue weighted by Crippen LogP contribution is 2.30. The van der Waals surface area contributed by atoms with E-state index in [9.17, 15) is 9.90 Å². The molecule has 8 heteroatoms. The quantitative estimate of drug-likeness (QED) is 0.394. The highest BCUT2D eigenvalue weighted by molar-refractivity contribution is 6.02. The smallest absolute Gasteiger partial charge is 0.336 e. The molecule has 0 radical (unpaired) electrons. The second-order valence-corrected chi connectivity index (χ2v) is 8.51. The summed E-state index contributed by atoms with van der Waals surface area (Å²) in [5, 5.41) is 14.7. The largest absolute Gasteiger partial charge is 0.478 e. The number of anilines is 1. The van der Waals surface area contributed by atoms with Gasteiger partial charge in [-0.3, -0.25) is 0 Å². The zero-order valence-corrected chi connectivity index (χ0v) is 19.4. The number of hydrogen-bond donors (Lipinski definition) is 1. The van der Waals surface area contributed by atoms with Crippen LogP contribution in [0.2, 0.25) is 0 Å². The van der Waals surface area contributed by atoms with Crippen molar-refractivity contribution in [3.63, 3.8) is 0 Å². The van der Waals surface area contributed by atoms with E-state index >= 15 is 0 Å². The van der Waals surface area contributed by atoms with Crippen LogP contribution in [-0.4, -0.2) is 57.0 Å². The van der Waals surface area contributed by atoms with Crippen LogP contribution in [0.1, 0.15) is 21.7 Å². The van der Waals surface area contributed by atoms with Crippen molar-refractivity contribution in [2.24, 2.45) is 0 Å². The fourth-order valence-corrected chi connectivity index (χ4v) is 4.60. The molecule has 1 fully saturated rings. The maximum absolute atomic E-state index is 11.5. The lowest BCUT2D eigenvalue weighted by Crippen LogP contribution is -2.36. The fraction of sp³-hybridized carbons (Fsp3) is 0.143. The summed E-state index contributed by atoms with van der Waals surface area (Å²) in [5.74, 6) is -0.966. The van der Waals surface area contributed by atoms with Crippen molar-refractivity contribution >= 4 is 40.4 Å². The summed E-state index contributed by atoms with van der Waals surface area (Å²) < 4.78 is 7.43. The van der Waals surface area contributed by atoms with Gasteiger partial charge in [-0.1, -0.05) is 36.4 Å². The van der Waals surface area contributed by atoms with Gasteiger partial charge in [-0.25, -0.2) is 19.3 Å². The lowest BCUT2D eigenvalue weighted by molar-refractivity contribution is 0.0699. The van der Waals surface area contributed by atoms with Crippen LogP contribution < -0.4 is 4.90 Å². The molecular weight excluding hydrogens is 454 g/mol. The number of pyridine rings is 1. The summed E-state index contributed by atoms with van der Waals surface area (Å²) in [6, 6.07) is 20.8. The lowest BCUT2D eigenvalue weighted by Gasteiger charge is -2.28. The van der Waals surface area contributed by atoms with Crippen LogP contribution in [0, 0.1) is 0 Å². The summed E-state index contributed by atoms with van der Waals surface area (Å²) in [6.07, 6.45) is 5.65. The van der Waals surface area contributed by atoms with Crippen LogP contribution in [-0.2, 0) is 4.74 Å². The van der Waals surface area contributed by atoms with E-state index in [0.717, 1.165) is 41.4 Å². The Morgan fingerprint density at radius 1 is 0.917 bits per heavy atom. The fourth-order valence-electron chi connectivity index (χ4n) is 4.60. The van der Waals surface area contributed by atoms with Crippen LogP contribution in [0.3, 0.4) is 0 Å². The predicted octanol–water partition coefficient (Wildman–Crippen LogP) is 4.65. The molecule has 0 bridgehead atoms. The molecule has 0 amide bonds. The molecule has 0 saturated carbocycles. The van der Waals surface area contributed by atoms with E-state index in [1.807, 2.05) is 71.4 Å². The normalized spacial score (nSPS) is 14.2. The topological polar surface area (TPSA) is 92.8 Å². The van der Waals surface area contributed by atoms with Crippen LogP contribution >= 0.6 is 0 Å². The number of aromatic nitrogens is 4. The Balaban J connectivity index is 1.46. The summed E-state index contributed by atoms with van der Waals surface area (Å²) >= 11 is 0. The first-order valence-corrected chi connectivity index (χ1v) is 11.8. The molecule has 3 aromatic heterocycles. The van der Waals surface area contributed by atoms with Crippen LogP contribution in [0.15, 0.2) is 72.9 Å². The van der Waals surface area contributed by atoms with Gasteiger partial charge in [0.05, 0.1) is 47.6 Å².